The van der Waals surface area contributed by atoms with E-state index in [0.717, 1.165) is 57.3 Å². The molecule has 2 fully saturated rings. The Kier molecular flexibility index (Phi) is 5.12. The van der Waals surface area contributed by atoms with Crippen molar-refractivity contribution in [3.05, 3.63) is 23.3 Å². The highest BCUT2D eigenvalue weighted by molar-refractivity contribution is 5.48. The zero-order chi connectivity index (χ0) is 17.2. The van der Waals surface area contributed by atoms with Gasteiger partial charge in [-0.05, 0) is 56.1 Å². The minimum absolute atomic E-state index is 0.285. The van der Waals surface area contributed by atoms with Crippen molar-refractivity contribution in [1.82, 2.24) is 15.1 Å². The molecule has 2 saturated heterocycles. The van der Waals surface area contributed by atoms with Crippen LogP contribution in [-0.2, 0) is 6.54 Å². The summed E-state index contributed by atoms with van der Waals surface area (Å²) in [5.41, 5.74) is 2.48. The summed E-state index contributed by atoms with van der Waals surface area (Å²) in [5.74, 6) is 1.68. The second-order valence-electron chi connectivity index (χ2n) is 7.50. The molecule has 25 heavy (non-hydrogen) atoms. The van der Waals surface area contributed by atoms with E-state index in [1.54, 1.807) is 0 Å². The van der Waals surface area contributed by atoms with Gasteiger partial charge in [0.2, 0.25) is 6.79 Å². The molecule has 0 amide bonds. The van der Waals surface area contributed by atoms with Crippen LogP contribution in [0, 0.1) is 6.92 Å². The van der Waals surface area contributed by atoms with Gasteiger partial charge in [-0.1, -0.05) is 0 Å². The van der Waals surface area contributed by atoms with Crippen molar-refractivity contribution >= 4 is 0 Å². The lowest BCUT2D eigenvalue weighted by atomic mass is 10.0. The van der Waals surface area contributed by atoms with Crippen molar-refractivity contribution in [2.45, 2.75) is 38.5 Å². The maximum Gasteiger partial charge on any atom is 0.231 e. The average molecular weight is 347 g/mol. The van der Waals surface area contributed by atoms with Crippen LogP contribution in [0.1, 0.15) is 24.0 Å². The molecule has 138 valence electrons. The van der Waals surface area contributed by atoms with Crippen LogP contribution in [0.15, 0.2) is 12.1 Å². The molecule has 0 spiro atoms. The number of rotatable bonds is 3. The minimum Gasteiger partial charge on any atom is -0.454 e. The maximum atomic E-state index is 10.5. The van der Waals surface area contributed by atoms with Gasteiger partial charge in [-0.15, -0.1) is 0 Å². The van der Waals surface area contributed by atoms with Gasteiger partial charge >= 0.3 is 0 Å². The summed E-state index contributed by atoms with van der Waals surface area (Å²) >= 11 is 0. The summed E-state index contributed by atoms with van der Waals surface area (Å²) in [6, 6.07) is 4.77. The SMILES string of the molecule is Cc1cc2c(cc1CN1CCN(C3CCNCC3)C[C@H](O)C1)OCO2. The molecule has 0 aliphatic carbocycles. The first-order valence-corrected chi connectivity index (χ1v) is 9.43. The zero-order valence-electron chi connectivity index (χ0n) is 15.0. The molecule has 1 atom stereocenters. The van der Waals surface area contributed by atoms with Gasteiger partial charge in [0.1, 0.15) is 0 Å². The fourth-order valence-corrected chi connectivity index (χ4v) is 4.22. The Morgan fingerprint density at radius 1 is 1.12 bits per heavy atom. The summed E-state index contributed by atoms with van der Waals surface area (Å²) in [4.78, 5) is 4.87. The van der Waals surface area contributed by atoms with Crippen molar-refractivity contribution in [2.24, 2.45) is 0 Å². The minimum atomic E-state index is -0.285. The zero-order valence-corrected chi connectivity index (χ0v) is 15.0. The van der Waals surface area contributed by atoms with Crippen LogP contribution in [0.5, 0.6) is 11.5 Å². The van der Waals surface area contributed by atoms with E-state index in [1.807, 2.05) is 0 Å². The highest BCUT2D eigenvalue weighted by atomic mass is 16.7. The molecule has 1 aromatic rings. The number of fused-ring (bicyclic) bond motifs is 1. The number of hydrogen-bond donors (Lipinski definition) is 2. The summed E-state index contributed by atoms with van der Waals surface area (Å²) in [6.45, 7) is 9.02. The smallest absolute Gasteiger partial charge is 0.231 e. The first-order chi connectivity index (χ1) is 12.2. The summed E-state index contributed by atoms with van der Waals surface area (Å²) in [5, 5.41) is 13.9. The van der Waals surface area contributed by atoms with Gasteiger partial charge < -0.3 is 19.9 Å². The van der Waals surface area contributed by atoms with Crippen LogP contribution in [-0.4, -0.2) is 73.1 Å². The van der Waals surface area contributed by atoms with E-state index in [0.29, 0.717) is 12.8 Å². The van der Waals surface area contributed by atoms with Crippen molar-refractivity contribution in [1.29, 1.82) is 0 Å². The monoisotopic (exact) mass is 347 g/mol. The number of β-amino-alcohol motifs (C(OH)–C–C–N with tert-alkyl or cyclic N) is 1. The van der Waals surface area contributed by atoms with E-state index in [9.17, 15) is 5.11 Å². The van der Waals surface area contributed by atoms with E-state index in [2.05, 4.69) is 34.2 Å². The van der Waals surface area contributed by atoms with Crippen molar-refractivity contribution in [3.63, 3.8) is 0 Å². The van der Waals surface area contributed by atoms with Crippen LogP contribution >= 0.6 is 0 Å². The highest BCUT2D eigenvalue weighted by Gasteiger charge is 2.27. The Balaban J connectivity index is 1.41. The summed E-state index contributed by atoms with van der Waals surface area (Å²) in [6.07, 6.45) is 2.09. The molecular formula is C19H29N3O3. The Morgan fingerprint density at radius 3 is 2.68 bits per heavy atom. The van der Waals surface area contributed by atoms with Gasteiger partial charge in [-0.25, -0.2) is 0 Å². The average Bonchev–Trinajstić information content (AvgIpc) is 2.97. The third kappa shape index (κ3) is 3.92. The van der Waals surface area contributed by atoms with E-state index < -0.39 is 0 Å². The molecule has 0 bridgehead atoms. The van der Waals surface area contributed by atoms with Crippen molar-refractivity contribution in [3.8, 4) is 11.5 Å². The molecule has 3 aliphatic heterocycles. The molecule has 0 aromatic heterocycles. The Bertz CT molecular complexity index is 604. The van der Waals surface area contributed by atoms with Gasteiger partial charge in [0.15, 0.2) is 11.5 Å². The molecule has 1 aromatic carbocycles. The number of piperidine rings is 1. The predicted molar refractivity (Wildman–Crippen MR) is 96.1 cm³/mol. The second kappa shape index (κ2) is 7.50. The first kappa shape index (κ1) is 17.1. The standard InChI is InChI=1S/C19H29N3O3/c1-14-8-18-19(25-13-24-18)9-15(14)10-21-6-7-22(12-17(23)11-21)16-2-4-20-5-3-16/h8-9,16-17,20,23H,2-7,10-13H2,1H3/t17-/m1/s1. The number of hydrogen-bond acceptors (Lipinski definition) is 6. The van der Waals surface area contributed by atoms with E-state index in [-0.39, 0.29) is 6.10 Å². The molecule has 2 N–H and O–H groups in total. The van der Waals surface area contributed by atoms with Crippen molar-refractivity contribution in [2.75, 3.05) is 46.1 Å². The number of aliphatic hydroxyl groups is 1. The van der Waals surface area contributed by atoms with Gasteiger partial charge in [0, 0.05) is 38.8 Å². The van der Waals surface area contributed by atoms with Crippen LogP contribution in [0.2, 0.25) is 0 Å². The number of ether oxygens (including phenoxy) is 2. The van der Waals surface area contributed by atoms with Crippen LogP contribution in [0.3, 0.4) is 0 Å². The lowest BCUT2D eigenvalue weighted by Crippen LogP contribution is -2.46. The Labute approximate surface area is 149 Å². The Hall–Kier alpha value is -1.34. The van der Waals surface area contributed by atoms with Crippen molar-refractivity contribution < 1.29 is 14.6 Å². The summed E-state index contributed by atoms with van der Waals surface area (Å²) in [7, 11) is 0. The maximum absolute atomic E-state index is 10.5. The quantitative estimate of drug-likeness (QED) is 0.849. The molecule has 3 aliphatic rings. The molecule has 0 saturated carbocycles. The van der Waals surface area contributed by atoms with E-state index >= 15 is 0 Å². The molecule has 0 unspecified atom stereocenters. The predicted octanol–water partition coefficient (Wildman–Crippen LogP) is 0.954. The van der Waals surface area contributed by atoms with Crippen LogP contribution in [0.25, 0.3) is 0 Å². The number of aryl methyl sites for hydroxylation is 1. The largest absolute Gasteiger partial charge is 0.454 e. The lowest BCUT2D eigenvalue weighted by Gasteiger charge is -2.34. The molecule has 0 radical (unpaired) electrons. The fourth-order valence-electron chi connectivity index (χ4n) is 4.22. The van der Waals surface area contributed by atoms with Gasteiger partial charge in [-0.2, -0.15) is 0 Å². The normalized spacial score (nSPS) is 25.9. The first-order valence-electron chi connectivity index (χ1n) is 9.43. The van der Waals surface area contributed by atoms with E-state index in [4.69, 9.17) is 9.47 Å². The third-order valence-electron chi connectivity index (χ3n) is 5.67. The Morgan fingerprint density at radius 2 is 1.88 bits per heavy atom. The molecular weight excluding hydrogens is 318 g/mol. The second-order valence-corrected chi connectivity index (χ2v) is 7.50. The van der Waals surface area contributed by atoms with Gasteiger partial charge in [-0.3, -0.25) is 9.80 Å². The van der Waals surface area contributed by atoms with Gasteiger partial charge in [0.25, 0.3) is 0 Å². The highest BCUT2D eigenvalue weighted by Crippen LogP contribution is 2.35. The lowest BCUT2D eigenvalue weighted by molar-refractivity contribution is 0.0853. The molecule has 6 heteroatoms. The number of nitrogens with one attached hydrogen (secondary N) is 1. The van der Waals surface area contributed by atoms with E-state index in [1.165, 1.54) is 24.0 Å². The van der Waals surface area contributed by atoms with Crippen LogP contribution < -0.4 is 14.8 Å². The number of nitrogens with zero attached hydrogens (tertiary/aromatic N) is 2. The third-order valence-corrected chi connectivity index (χ3v) is 5.67. The topological polar surface area (TPSA) is 57.2 Å². The summed E-state index contributed by atoms with van der Waals surface area (Å²) < 4.78 is 11.0. The molecule has 4 rings (SSSR count). The number of aliphatic hydroxyl groups excluding tert-OH is 1. The number of benzene rings is 1. The fraction of sp³-hybridized carbons (Fsp3) is 0.684. The molecule has 6 nitrogen and oxygen atoms in total. The van der Waals surface area contributed by atoms with Crippen LogP contribution in [0.4, 0.5) is 0 Å². The van der Waals surface area contributed by atoms with Gasteiger partial charge in [0.05, 0.1) is 6.10 Å². The molecule has 3 heterocycles.